The first kappa shape index (κ1) is 18.7. The summed E-state index contributed by atoms with van der Waals surface area (Å²) in [5.74, 6) is 0.124. The number of halogens is 1. The Morgan fingerprint density at radius 1 is 1.04 bits per heavy atom. The van der Waals surface area contributed by atoms with E-state index in [0.29, 0.717) is 27.5 Å². The van der Waals surface area contributed by atoms with E-state index in [2.05, 4.69) is 15.6 Å². The summed E-state index contributed by atoms with van der Waals surface area (Å²) in [5, 5.41) is 6.15. The molecule has 2 heterocycles. The molecule has 3 amide bonds. The topological polar surface area (TPSA) is 74.3 Å². The van der Waals surface area contributed by atoms with Crippen LogP contribution in [-0.4, -0.2) is 34.9 Å². The van der Waals surface area contributed by atoms with Gasteiger partial charge in [0.15, 0.2) is 0 Å². The number of hydrogen-bond donors (Lipinski definition) is 2. The van der Waals surface area contributed by atoms with Crippen molar-refractivity contribution in [3.63, 3.8) is 0 Å². The molecule has 2 aromatic rings. The van der Waals surface area contributed by atoms with Crippen LogP contribution in [0.25, 0.3) is 0 Å². The molecule has 28 heavy (non-hydrogen) atoms. The molecule has 146 valence electrons. The summed E-state index contributed by atoms with van der Waals surface area (Å²) in [5.41, 5.74) is 1.57. The van der Waals surface area contributed by atoms with Gasteiger partial charge in [-0.3, -0.25) is 4.79 Å². The van der Waals surface area contributed by atoms with Crippen LogP contribution in [-0.2, 0) is 0 Å². The van der Waals surface area contributed by atoms with Crippen LogP contribution >= 0.6 is 11.6 Å². The van der Waals surface area contributed by atoms with Crippen molar-refractivity contribution >= 4 is 35.0 Å². The lowest BCUT2D eigenvalue weighted by Crippen LogP contribution is -2.35. The van der Waals surface area contributed by atoms with Crippen molar-refractivity contribution in [3.8, 4) is 0 Å². The highest BCUT2D eigenvalue weighted by Crippen LogP contribution is 2.53. The van der Waals surface area contributed by atoms with E-state index < -0.39 is 0 Å². The monoisotopic (exact) mass is 398 g/mol. The van der Waals surface area contributed by atoms with E-state index in [1.807, 2.05) is 4.90 Å². The summed E-state index contributed by atoms with van der Waals surface area (Å²) < 4.78 is 0. The minimum Gasteiger partial charge on any atom is -0.325 e. The lowest BCUT2D eigenvalue weighted by Gasteiger charge is -2.21. The van der Waals surface area contributed by atoms with Gasteiger partial charge >= 0.3 is 6.03 Å². The third-order valence-electron chi connectivity index (χ3n) is 5.64. The molecule has 1 saturated carbocycles. The number of hydrogen-bond acceptors (Lipinski definition) is 3. The number of amides is 3. The van der Waals surface area contributed by atoms with Crippen LogP contribution in [0, 0.1) is 5.41 Å². The Morgan fingerprint density at radius 3 is 2.64 bits per heavy atom. The number of carbonyl (C=O) groups is 2. The molecule has 2 fully saturated rings. The molecule has 1 aromatic carbocycles. The van der Waals surface area contributed by atoms with Crippen molar-refractivity contribution < 1.29 is 9.59 Å². The van der Waals surface area contributed by atoms with Crippen molar-refractivity contribution in [1.82, 2.24) is 9.88 Å². The second-order valence-corrected chi connectivity index (χ2v) is 8.10. The van der Waals surface area contributed by atoms with Crippen LogP contribution in [0.1, 0.15) is 42.5 Å². The molecule has 2 N–H and O–H groups in total. The van der Waals surface area contributed by atoms with Gasteiger partial charge in [0.2, 0.25) is 0 Å². The van der Waals surface area contributed by atoms with E-state index in [-0.39, 0.29) is 11.9 Å². The first-order valence-electron chi connectivity index (χ1n) is 9.62. The van der Waals surface area contributed by atoms with E-state index in [1.54, 1.807) is 36.4 Å². The summed E-state index contributed by atoms with van der Waals surface area (Å²) in [4.78, 5) is 31.1. The van der Waals surface area contributed by atoms with Crippen molar-refractivity contribution in [2.45, 2.75) is 32.1 Å². The Balaban J connectivity index is 1.38. The van der Waals surface area contributed by atoms with Crippen LogP contribution in [0.5, 0.6) is 0 Å². The number of urea groups is 1. The van der Waals surface area contributed by atoms with Crippen LogP contribution < -0.4 is 10.6 Å². The van der Waals surface area contributed by atoms with Crippen LogP contribution in [0.3, 0.4) is 0 Å². The number of rotatable bonds is 3. The maximum absolute atomic E-state index is 12.6. The molecule has 4 rings (SSSR count). The largest absolute Gasteiger partial charge is 0.325 e. The molecular weight excluding hydrogens is 376 g/mol. The van der Waals surface area contributed by atoms with Crippen LogP contribution in [0.2, 0.25) is 5.02 Å². The molecule has 1 aromatic heterocycles. The molecule has 0 bridgehead atoms. The van der Waals surface area contributed by atoms with Gasteiger partial charge in [-0.15, -0.1) is 0 Å². The minimum absolute atomic E-state index is 0.102. The first-order chi connectivity index (χ1) is 13.5. The second-order valence-electron chi connectivity index (χ2n) is 7.67. The van der Waals surface area contributed by atoms with E-state index in [1.165, 1.54) is 25.5 Å². The number of pyridine rings is 1. The molecule has 1 aliphatic carbocycles. The van der Waals surface area contributed by atoms with Gasteiger partial charge in [-0.05, 0) is 67.9 Å². The molecular formula is C21H23ClN4O2. The molecule has 0 atom stereocenters. The fourth-order valence-electron chi connectivity index (χ4n) is 3.71. The van der Waals surface area contributed by atoms with Crippen molar-refractivity contribution in [2.75, 3.05) is 23.7 Å². The average molecular weight is 399 g/mol. The van der Waals surface area contributed by atoms with Gasteiger partial charge in [-0.2, -0.15) is 0 Å². The zero-order valence-electron chi connectivity index (χ0n) is 15.6. The molecule has 1 spiro atoms. The number of aromatic nitrogens is 1. The molecule has 2 aliphatic rings. The highest BCUT2D eigenvalue weighted by Gasteiger charge is 2.43. The zero-order chi connectivity index (χ0) is 19.6. The number of anilines is 2. The van der Waals surface area contributed by atoms with Gasteiger partial charge < -0.3 is 15.5 Å². The fourth-order valence-corrected chi connectivity index (χ4v) is 3.82. The quantitative estimate of drug-likeness (QED) is 0.780. The van der Waals surface area contributed by atoms with Crippen molar-refractivity contribution in [3.05, 3.63) is 53.2 Å². The van der Waals surface area contributed by atoms with Gasteiger partial charge in [0.25, 0.3) is 5.91 Å². The summed E-state index contributed by atoms with van der Waals surface area (Å²) in [6.45, 7) is 1.59. The molecule has 0 radical (unpaired) electrons. The van der Waals surface area contributed by atoms with Gasteiger partial charge in [-0.25, -0.2) is 9.78 Å². The number of benzene rings is 1. The van der Waals surface area contributed by atoms with Crippen LogP contribution in [0.4, 0.5) is 16.3 Å². The highest BCUT2D eigenvalue weighted by molar-refractivity contribution is 6.30. The number of carbonyl (C=O) groups excluding carboxylic acids is 2. The van der Waals surface area contributed by atoms with Crippen molar-refractivity contribution in [2.24, 2.45) is 5.41 Å². The summed E-state index contributed by atoms with van der Waals surface area (Å²) in [6.07, 6.45) is 7.47. The molecule has 1 saturated heterocycles. The Morgan fingerprint density at radius 2 is 1.89 bits per heavy atom. The predicted molar refractivity (Wildman–Crippen MR) is 110 cm³/mol. The lowest BCUT2D eigenvalue weighted by atomic mass is 9.98. The molecule has 1 aliphatic heterocycles. The lowest BCUT2D eigenvalue weighted by molar-refractivity contribution is 0.102. The van der Waals surface area contributed by atoms with Gasteiger partial charge in [0.05, 0.1) is 5.02 Å². The maximum atomic E-state index is 12.6. The van der Waals surface area contributed by atoms with Crippen LogP contribution in [0.15, 0.2) is 42.6 Å². The normalized spacial score (nSPS) is 17.7. The zero-order valence-corrected chi connectivity index (χ0v) is 16.3. The Labute approximate surface area is 169 Å². The molecule has 0 unspecified atom stereocenters. The third kappa shape index (κ3) is 4.44. The number of nitrogens with zero attached hydrogens (tertiary/aromatic N) is 2. The summed E-state index contributed by atoms with van der Waals surface area (Å²) >= 11 is 5.81. The highest BCUT2D eigenvalue weighted by atomic mass is 35.5. The standard InChI is InChI=1S/C21H23ClN4O2/c22-16-5-6-18(23-14-16)25-19(27)15-3-1-4-17(13-15)24-20(28)26-11-2-7-21(8-9-21)10-12-26/h1,3-6,13-14H,2,7-12H2,(H,24,28)(H,23,25,27). The fraction of sp³-hybridized carbons (Fsp3) is 0.381. The van der Waals surface area contributed by atoms with E-state index >= 15 is 0 Å². The third-order valence-corrected chi connectivity index (χ3v) is 5.86. The number of nitrogens with one attached hydrogen (secondary N) is 2. The Kier molecular flexibility index (Phi) is 5.22. The van der Waals surface area contributed by atoms with E-state index in [0.717, 1.165) is 25.9 Å². The summed E-state index contributed by atoms with van der Waals surface area (Å²) in [7, 11) is 0. The van der Waals surface area contributed by atoms with E-state index in [9.17, 15) is 9.59 Å². The van der Waals surface area contributed by atoms with Gasteiger partial charge in [0, 0.05) is 30.5 Å². The Hall–Kier alpha value is -2.60. The summed E-state index contributed by atoms with van der Waals surface area (Å²) in [6, 6.07) is 10.1. The average Bonchev–Trinajstić information content (AvgIpc) is 3.50. The van der Waals surface area contributed by atoms with Gasteiger partial charge in [-0.1, -0.05) is 17.7 Å². The first-order valence-corrected chi connectivity index (χ1v) is 10.00. The molecule has 7 heteroatoms. The second kappa shape index (κ2) is 7.80. The predicted octanol–water partition coefficient (Wildman–Crippen LogP) is 4.79. The van der Waals surface area contributed by atoms with Gasteiger partial charge in [0.1, 0.15) is 5.82 Å². The minimum atomic E-state index is -0.295. The number of likely N-dealkylation sites (tertiary alicyclic amines) is 1. The maximum Gasteiger partial charge on any atom is 0.321 e. The molecule has 6 nitrogen and oxygen atoms in total. The smallest absolute Gasteiger partial charge is 0.321 e. The Bertz CT molecular complexity index is 880. The van der Waals surface area contributed by atoms with Crippen molar-refractivity contribution in [1.29, 1.82) is 0 Å². The SMILES string of the molecule is O=C(Nc1ccc(Cl)cn1)c1cccc(NC(=O)N2CCCC3(CC2)CC3)c1. The van der Waals surface area contributed by atoms with E-state index in [4.69, 9.17) is 11.6 Å².